The average Bonchev–Trinajstić information content (AvgIpc) is 3.08. The summed E-state index contributed by atoms with van der Waals surface area (Å²) in [6.45, 7) is -0.333. The van der Waals surface area contributed by atoms with E-state index in [-0.39, 0.29) is 6.61 Å². The summed E-state index contributed by atoms with van der Waals surface area (Å²) >= 11 is 0. The summed E-state index contributed by atoms with van der Waals surface area (Å²) in [4.78, 5) is 0. The van der Waals surface area contributed by atoms with Crippen LogP contribution in [0.1, 0.15) is 27.8 Å². The Hall–Kier alpha value is -2.31. The molecule has 1 fully saturated rings. The lowest BCUT2D eigenvalue weighted by molar-refractivity contribution is -0.368. The van der Waals surface area contributed by atoms with E-state index in [9.17, 15) is 20.4 Å². The highest BCUT2D eigenvalue weighted by atomic mass is 16.7. The largest absolute Gasteiger partial charge is 0.394 e. The van der Waals surface area contributed by atoms with Crippen LogP contribution in [0.2, 0.25) is 0 Å². The van der Waals surface area contributed by atoms with Gasteiger partial charge in [0.15, 0.2) is 0 Å². The first-order chi connectivity index (χ1) is 13.5. The number of hydrogen-bond acceptors (Lipinski definition) is 7. The second-order valence-corrected chi connectivity index (χ2v) is 7.20. The number of benzene rings is 2. The zero-order chi connectivity index (χ0) is 19.9. The molecule has 2 heterocycles. The number of rotatable bonds is 3. The Kier molecular flexibility index (Phi) is 4.93. The highest BCUT2D eigenvalue weighted by Gasteiger charge is 2.58. The van der Waals surface area contributed by atoms with Gasteiger partial charge in [-0.05, 0) is 41.3 Å². The molecule has 0 aromatic heterocycles. The summed E-state index contributed by atoms with van der Waals surface area (Å²) < 4.78 is 11.5. The van der Waals surface area contributed by atoms with Gasteiger partial charge in [0.2, 0.25) is 5.79 Å². The van der Waals surface area contributed by atoms with Crippen molar-refractivity contribution in [1.29, 1.82) is 5.26 Å². The number of nitrogens with zero attached hydrogens (tertiary/aromatic N) is 1. The molecule has 2 aliphatic heterocycles. The third kappa shape index (κ3) is 3.01. The zero-order valence-corrected chi connectivity index (χ0v) is 15.0. The number of hydrogen-bond donors (Lipinski definition) is 4. The second kappa shape index (κ2) is 7.26. The van der Waals surface area contributed by atoms with Gasteiger partial charge in [-0.1, -0.05) is 24.3 Å². The third-order valence-corrected chi connectivity index (χ3v) is 5.43. The molecule has 0 aliphatic carbocycles. The number of ether oxygens (including phenoxy) is 2. The number of fused-ring (bicyclic) bond motifs is 2. The van der Waals surface area contributed by atoms with Crippen molar-refractivity contribution < 1.29 is 29.9 Å². The molecule has 2 aliphatic rings. The summed E-state index contributed by atoms with van der Waals surface area (Å²) in [5, 5.41) is 49.3. The van der Waals surface area contributed by atoms with Crippen LogP contribution in [-0.4, -0.2) is 51.4 Å². The summed E-state index contributed by atoms with van der Waals surface area (Å²) in [5.74, 6) is -1.64. The second-order valence-electron chi connectivity index (χ2n) is 7.20. The maximum atomic E-state index is 10.6. The summed E-state index contributed by atoms with van der Waals surface area (Å²) in [6.07, 6.45) is -4.91. The normalized spacial score (nSPS) is 31.5. The molecule has 0 saturated carbocycles. The minimum Gasteiger partial charge on any atom is -0.394 e. The van der Waals surface area contributed by atoms with Crippen LogP contribution < -0.4 is 0 Å². The fourth-order valence-corrected chi connectivity index (χ4v) is 3.86. The Morgan fingerprint density at radius 3 is 2.43 bits per heavy atom. The molecule has 1 saturated heterocycles. The summed E-state index contributed by atoms with van der Waals surface area (Å²) in [6, 6.07) is 15.0. The molecule has 1 spiro atoms. The molecule has 7 nitrogen and oxygen atoms in total. The van der Waals surface area contributed by atoms with Crippen molar-refractivity contribution in [1.82, 2.24) is 0 Å². The van der Waals surface area contributed by atoms with Gasteiger partial charge in [-0.15, -0.1) is 0 Å². The third-order valence-electron chi connectivity index (χ3n) is 5.43. The van der Waals surface area contributed by atoms with Crippen molar-refractivity contribution in [3.05, 3.63) is 70.3 Å². The molecule has 0 bridgehead atoms. The Morgan fingerprint density at radius 1 is 1.04 bits per heavy atom. The molecule has 0 radical (unpaired) electrons. The van der Waals surface area contributed by atoms with E-state index in [1.165, 1.54) is 0 Å². The summed E-state index contributed by atoms with van der Waals surface area (Å²) in [7, 11) is 0. The van der Waals surface area contributed by atoms with Crippen molar-refractivity contribution in [3.63, 3.8) is 0 Å². The van der Waals surface area contributed by atoms with Crippen molar-refractivity contribution in [2.24, 2.45) is 0 Å². The molecule has 2 aromatic carbocycles. The van der Waals surface area contributed by atoms with E-state index in [0.717, 1.165) is 16.7 Å². The van der Waals surface area contributed by atoms with Crippen molar-refractivity contribution in [2.75, 3.05) is 6.61 Å². The fourth-order valence-electron chi connectivity index (χ4n) is 3.86. The minimum absolute atomic E-state index is 0.185. The first kappa shape index (κ1) is 19.0. The van der Waals surface area contributed by atoms with Gasteiger partial charge < -0.3 is 29.9 Å². The Balaban J connectivity index is 1.67. The molecule has 0 amide bonds. The van der Waals surface area contributed by atoms with Crippen LogP contribution in [0.3, 0.4) is 0 Å². The Bertz CT molecular complexity index is 906. The van der Waals surface area contributed by atoms with Crippen LogP contribution in [0.5, 0.6) is 0 Å². The van der Waals surface area contributed by atoms with Gasteiger partial charge in [-0.25, -0.2) is 0 Å². The monoisotopic (exact) mass is 383 g/mol. The molecular weight excluding hydrogens is 362 g/mol. The molecule has 4 rings (SSSR count). The quantitative estimate of drug-likeness (QED) is 0.601. The topological polar surface area (TPSA) is 123 Å². The van der Waals surface area contributed by atoms with E-state index in [1.807, 2.05) is 30.3 Å². The number of aliphatic hydroxyl groups is 4. The van der Waals surface area contributed by atoms with Crippen LogP contribution in [0, 0.1) is 11.3 Å². The summed E-state index contributed by atoms with van der Waals surface area (Å²) in [5.41, 5.74) is 3.93. The van der Waals surface area contributed by atoms with Crippen LogP contribution in [-0.2, 0) is 28.3 Å². The molecule has 2 aromatic rings. The standard InChI is InChI=1S/C21H21NO6/c22-9-13-3-1-12(2-4-13)7-14-5-6-15-11-27-21(16(15)8-14)20(26)19(25)18(24)17(10-23)28-21/h1-6,8,17-20,23-26H,7,10-11H2/t17-,18-,19+,20-,21+/m1/s1. The van der Waals surface area contributed by atoms with E-state index in [1.54, 1.807) is 12.1 Å². The number of aliphatic hydroxyl groups excluding tert-OH is 4. The smallest absolute Gasteiger partial charge is 0.225 e. The predicted octanol–water partition coefficient (Wildman–Crippen LogP) is 0.306. The van der Waals surface area contributed by atoms with Crippen molar-refractivity contribution >= 4 is 0 Å². The minimum atomic E-state index is -1.64. The van der Waals surface area contributed by atoms with E-state index in [0.29, 0.717) is 17.5 Å². The van der Waals surface area contributed by atoms with E-state index in [4.69, 9.17) is 14.7 Å². The molecule has 4 N–H and O–H groups in total. The van der Waals surface area contributed by atoms with Gasteiger partial charge in [0, 0.05) is 5.56 Å². The van der Waals surface area contributed by atoms with Gasteiger partial charge in [0.05, 0.1) is 24.8 Å². The highest BCUT2D eigenvalue weighted by Crippen LogP contribution is 2.46. The maximum Gasteiger partial charge on any atom is 0.225 e. The number of nitriles is 1. The molecular formula is C21H21NO6. The van der Waals surface area contributed by atoms with Gasteiger partial charge >= 0.3 is 0 Å². The van der Waals surface area contributed by atoms with Crippen LogP contribution in [0.25, 0.3) is 0 Å². The Morgan fingerprint density at radius 2 is 1.75 bits per heavy atom. The molecule has 0 unspecified atom stereocenters. The lowest BCUT2D eigenvalue weighted by Gasteiger charge is -2.46. The van der Waals surface area contributed by atoms with Gasteiger partial charge in [0.25, 0.3) is 0 Å². The van der Waals surface area contributed by atoms with Crippen LogP contribution in [0.4, 0.5) is 0 Å². The SMILES string of the molecule is N#Cc1ccc(Cc2ccc3c(c2)[C@]2(OC3)O[C@H](CO)[C@@H](O)[C@H](O)[C@H]2O)cc1. The maximum absolute atomic E-state index is 10.6. The highest BCUT2D eigenvalue weighted by molar-refractivity contribution is 5.41. The average molecular weight is 383 g/mol. The lowest BCUT2D eigenvalue weighted by atomic mass is 9.86. The zero-order valence-electron chi connectivity index (χ0n) is 15.0. The van der Waals surface area contributed by atoms with Crippen molar-refractivity contribution in [3.8, 4) is 6.07 Å². The first-order valence-corrected chi connectivity index (χ1v) is 9.06. The van der Waals surface area contributed by atoms with E-state index in [2.05, 4.69) is 6.07 Å². The molecule has 28 heavy (non-hydrogen) atoms. The predicted molar refractivity (Wildman–Crippen MR) is 96.9 cm³/mol. The fraction of sp³-hybridized carbons (Fsp3) is 0.381. The lowest BCUT2D eigenvalue weighted by Crippen LogP contribution is -2.63. The van der Waals surface area contributed by atoms with Crippen LogP contribution in [0.15, 0.2) is 42.5 Å². The van der Waals surface area contributed by atoms with E-state index < -0.39 is 36.8 Å². The molecule has 7 heteroatoms. The van der Waals surface area contributed by atoms with Gasteiger partial charge in [-0.3, -0.25) is 0 Å². The van der Waals surface area contributed by atoms with Crippen molar-refractivity contribution in [2.45, 2.75) is 43.2 Å². The molecule has 146 valence electrons. The van der Waals surface area contributed by atoms with E-state index >= 15 is 0 Å². The van der Waals surface area contributed by atoms with Gasteiger partial charge in [-0.2, -0.15) is 5.26 Å². The Labute approximate surface area is 162 Å². The molecule has 5 atom stereocenters. The van der Waals surface area contributed by atoms with Gasteiger partial charge in [0.1, 0.15) is 24.4 Å². The first-order valence-electron chi connectivity index (χ1n) is 9.06. The van der Waals surface area contributed by atoms with Crippen LogP contribution >= 0.6 is 0 Å².